The van der Waals surface area contributed by atoms with Gasteiger partial charge in [-0.1, -0.05) is 12.2 Å². The van der Waals surface area contributed by atoms with Crippen molar-refractivity contribution in [2.45, 2.75) is 18.9 Å². The molecular formula is C7H14N2O2. The van der Waals surface area contributed by atoms with Crippen LogP contribution in [0.2, 0.25) is 0 Å². The number of nitrogens with two attached hydrogens (primary N) is 2. The number of carboxylic acids is 1. The van der Waals surface area contributed by atoms with Crippen molar-refractivity contribution in [1.29, 1.82) is 0 Å². The number of aliphatic carboxylic acids is 1. The van der Waals surface area contributed by atoms with Gasteiger partial charge in [-0.15, -0.1) is 0 Å². The van der Waals surface area contributed by atoms with Gasteiger partial charge in [0.25, 0.3) is 0 Å². The summed E-state index contributed by atoms with van der Waals surface area (Å²) in [5.74, 6) is -1.04. The first-order chi connectivity index (χ1) is 5.00. The third-order valence-electron chi connectivity index (χ3n) is 1.26. The molecule has 4 heteroatoms. The maximum atomic E-state index is 10.4. The van der Waals surface area contributed by atoms with Gasteiger partial charge in [-0.25, -0.2) is 4.79 Å². The largest absolute Gasteiger partial charge is 0.480 e. The molecule has 0 fully saturated rings. The first kappa shape index (κ1) is 10.1. The van der Waals surface area contributed by atoms with Crippen molar-refractivity contribution in [3.63, 3.8) is 0 Å². The summed E-state index contributed by atoms with van der Waals surface area (Å²) in [7, 11) is 0. The number of carboxylic acid groups (broad SMARTS) is 1. The van der Waals surface area contributed by atoms with Crippen molar-refractivity contribution >= 4 is 5.97 Å². The van der Waals surface area contributed by atoms with Gasteiger partial charge in [0.1, 0.15) is 5.54 Å². The van der Waals surface area contributed by atoms with Gasteiger partial charge in [0.2, 0.25) is 0 Å². The average Bonchev–Trinajstić information content (AvgIpc) is 1.88. The molecule has 0 aromatic carbocycles. The third kappa shape index (κ3) is 3.75. The maximum absolute atomic E-state index is 10.4. The Bertz CT molecular complexity index is 164. The quantitative estimate of drug-likeness (QED) is 0.490. The van der Waals surface area contributed by atoms with Gasteiger partial charge in [0.15, 0.2) is 0 Å². The Kier molecular flexibility index (Phi) is 3.78. The summed E-state index contributed by atoms with van der Waals surface area (Å²) in [4.78, 5) is 10.4. The van der Waals surface area contributed by atoms with E-state index in [1.54, 1.807) is 6.08 Å². The topological polar surface area (TPSA) is 89.3 Å². The molecule has 0 radical (unpaired) electrons. The lowest BCUT2D eigenvalue weighted by atomic mass is 10.0. The van der Waals surface area contributed by atoms with Crippen LogP contribution in [0.3, 0.4) is 0 Å². The highest BCUT2D eigenvalue weighted by Gasteiger charge is 2.23. The molecule has 0 aliphatic carbocycles. The predicted molar refractivity (Wildman–Crippen MR) is 43.0 cm³/mol. The van der Waals surface area contributed by atoms with Gasteiger partial charge < -0.3 is 16.6 Å². The Morgan fingerprint density at radius 2 is 2.27 bits per heavy atom. The molecule has 5 N–H and O–H groups in total. The molecule has 11 heavy (non-hydrogen) atoms. The normalized spacial score (nSPS) is 16.6. The SMILES string of the molecule is CC(N)(/C=C\CCN)C(=O)O. The fraction of sp³-hybridized carbons (Fsp3) is 0.571. The fourth-order valence-corrected chi connectivity index (χ4v) is 0.496. The molecule has 0 aromatic rings. The van der Waals surface area contributed by atoms with Crippen LogP contribution in [-0.2, 0) is 4.79 Å². The van der Waals surface area contributed by atoms with E-state index in [0.29, 0.717) is 13.0 Å². The van der Waals surface area contributed by atoms with Crippen molar-refractivity contribution in [3.05, 3.63) is 12.2 Å². The monoisotopic (exact) mass is 158 g/mol. The van der Waals surface area contributed by atoms with Gasteiger partial charge in [-0.3, -0.25) is 0 Å². The Hall–Kier alpha value is -0.870. The molecule has 0 saturated heterocycles. The minimum Gasteiger partial charge on any atom is -0.480 e. The molecule has 0 aliphatic rings. The Morgan fingerprint density at radius 3 is 2.64 bits per heavy atom. The maximum Gasteiger partial charge on any atom is 0.327 e. The van der Waals surface area contributed by atoms with Crippen LogP contribution in [0.4, 0.5) is 0 Å². The summed E-state index contributed by atoms with van der Waals surface area (Å²) in [6.07, 6.45) is 3.77. The minimum atomic E-state index is -1.27. The van der Waals surface area contributed by atoms with E-state index in [9.17, 15) is 4.79 Å². The van der Waals surface area contributed by atoms with Crippen molar-refractivity contribution in [2.75, 3.05) is 6.54 Å². The number of hydrogen-bond donors (Lipinski definition) is 3. The average molecular weight is 158 g/mol. The second kappa shape index (κ2) is 4.10. The predicted octanol–water partition coefficient (Wildman–Crippen LogP) is -0.307. The van der Waals surface area contributed by atoms with Crippen LogP contribution in [0.1, 0.15) is 13.3 Å². The smallest absolute Gasteiger partial charge is 0.327 e. The summed E-state index contributed by atoms with van der Waals surface area (Å²) in [5, 5.41) is 8.53. The number of rotatable bonds is 4. The Labute approximate surface area is 65.9 Å². The van der Waals surface area contributed by atoms with E-state index in [-0.39, 0.29) is 0 Å². The highest BCUT2D eigenvalue weighted by atomic mass is 16.4. The first-order valence-corrected chi connectivity index (χ1v) is 3.40. The third-order valence-corrected chi connectivity index (χ3v) is 1.26. The van der Waals surface area contributed by atoms with Crippen molar-refractivity contribution in [3.8, 4) is 0 Å². The molecule has 64 valence electrons. The van der Waals surface area contributed by atoms with Crippen LogP contribution in [0, 0.1) is 0 Å². The molecule has 0 amide bonds. The Balaban J connectivity index is 4.00. The van der Waals surface area contributed by atoms with E-state index < -0.39 is 11.5 Å². The molecular weight excluding hydrogens is 144 g/mol. The van der Waals surface area contributed by atoms with Gasteiger partial charge in [-0.05, 0) is 19.9 Å². The summed E-state index contributed by atoms with van der Waals surface area (Å²) in [6.45, 7) is 1.94. The number of hydrogen-bond acceptors (Lipinski definition) is 3. The summed E-state index contributed by atoms with van der Waals surface area (Å²) >= 11 is 0. The highest BCUT2D eigenvalue weighted by molar-refractivity contribution is 5.80. The molecule has 0 saturated carbocycles. The highest BCUT2D eigenvalue weighted by Crippen LogP contribution is 2.01. The second-order valence-electron chi connectivity index (χ2n) is 2.57. The zero-order chi connectivity index (χ0) is 8.91. The van der Waals surface area contributed by atoms with E-state index >= 15 is 0 Å². The van der Waals surface area contributed by atoms with Crippen LogP contribution >= 0.6 is 0 Å². The Morgan fingerprint density at radius 1 is 1.73 bits per heavy atom. The van der Waals surface area contributed by atoms with E-state index in [1.165, 1.54) is 13.0 Å². The molecule has 1 unspecified atom stereocenters. The van der Waals surface area contributed by atoms with Crippen LogP contribution in [0.25, 0.3) is 0 Å². The molecule has 0 aliphatic heterocycles. The lowest BCUT2D eigenvalue weighted by Gasteiger charge is -2.12. The van der Waals surface area contributed by atoms with Crippen LogP contribution in [0.15, 0.2) is 12.2 Å². The minimum absolute atomic E-state index is 0.506. The van der Waals surface area contributed by atoms with Crippen molar-refractivity contribution in [2.24, 2.45) is 11.5 Å². The summed E-state index contributed by atoms with van der Waals surface area (Å²) in [5.41, 5.74) is 9.30. The van der Waals surface area contributed by atoms with Gasteiger partial charge in [-0.2, -0.15) is 0 Å². The molecule has 1 atom stereocenters. The zero-order valence-corrected chi connectivity index (χ0v) is 6.58. The van der Waals surface area contributed by atoms with Crippen LogP contribution in [0.5, 0.6) is 0 Å². The lowest BCUT2D eigenvalue weighted by molar-refractivity contribution is -0.140. The van der Waals surface area contributed by atoms with Gasteiger partial charge >= 0.3 is 5.97 Å². The first-order valence-electron chi connectivity index (χ1n) is 3.40. The second-order valence-corrected chi connectivity index (χ2v) is 2.57. The van der Waals surface area contributed by atoms with Crippen LogP contribution in [-0.4, -0.2) is 23.2 Å². The number of carbonyl (C=O) groups is 1. The van der Waals surface area contributed by atoms with E-state index in [4.69, 9.17) is 16.6 Å². The van der Waals surface area contributed by atoms with Gasteiger partial charge in [0.05, 0.1) is 0 Å². The zero-order valence-electron chi connectivity index (χ0n) is 6.58. The summed E-state index contributed by atoms with van der Waals surface area (Å²) < 4.78 is 0. The molecule has 0 aromatic heterocycles. The summed E-state index contributed by atoms with van der Waals surface area (Å²) in [6, 6.07) is 0. The molecule has 0 bridgehead atoms. The van der Waals surface area contributed by atoms with Crippen molar-refractivity contribution < 1.29 is 9.90 Å². The van der Waals surface area contributed by atoms with Gasteiger partial charge in [0, 0.05) is 0 Å². The molecule has 0 rings (SSSR count). The van der Waals surface area contributed by atoms with Crippen LogP contribution < -0.4 is 11.5 Å². The van der Waals surface area contributed by atoms with E-state index in [0.717, 1.165) is 0 Å². The standard InChI is InChI=1S/C7H14N2O2/c1-7(9,6(10)11)4-2-3-5-8/h2,4H,3,5,8-9H2,1H3,(H,10,11)/b4-2-. The molecule has 4 nitrogen and oxygen atoms in total. The lowest BCUT2D eigenvalue weighted by Crippen LogP contribution is -2.42. The molecule has 0 spiro atoms. The van der Waals surface area contributed by atoms with E-state index in [2.05, 4.69) is 0 Å². The fourth-order valence-electron chi connectivity index (χ4n) is 0.496. The van der Waals surface area contributed by atoms with E-state index in [1.807, 2.05) is 0 Å². The van der Waals surface area contributed by atoms with Crippen molar-refractivity contribution in [1.82, 2.24) is 0 Å². The molecule has 0 heterocycles.